The first-order valence-corrected chi connectivity index (χ1v) is 11.1. The summed E-state index contributed by atoms with van der Waals surface area (Å²) >= 11 is 0. The number of methoxy groups -OCH3 is 1. The summed E-state index contributed by atoms with van der Waals surface area (Å²) in [6.45, 7) is 6.68. The van der Waals surface area contributed by atoms with Crippen molar-refractivity contribution in [2.45, 2.75) is 32.0 Å². The predicted octanol–water partition coefficient (Wildman–Crippen LogP) is 3.75. The first-order chi connectivity index (χ1) is 15.2. The van der Waals surface area contributed by atoms with E-state index in [2.05, 4.69) is 16.8 Å². The molecule has 1 amide bonds. The second-order valence-corrected chi connectivity index (χ2v) is 8.03. The van der Waals surface area contributed by atoms with E-state index in [0.717, 1.165) is 55.0 Å². The van der Waals surface area contributed by atoms with Gasteiger partial charge in [0.1, 0.15) is 18.0 Å². The summed E-state index contributed by atoms with van der Waals surface area (Å²) in [4.78, 5) is 21.4. The van der Waals surface area contributed by atoms with Crippen LogP contribution < -0.4 is 4.74 Å². The molecule has 0 aliphatic carbocycles. The zero-order valence-electron chi connectivity index (χ0n) is 18.3. The Hall–Kier alpha value is -2.64. The van der Waals surface area contributed by atoms with Crippen LogP contribution in [0.2, 0.25) is 0 Å². The molecule has 3 heterocycles. The van der Waals surface area contributed by atoms with Crippen molar-refractivity contribution in [3.05, 3.63) is 48.3 Å². The molecule has 0 bridgehead atoms. The van der Waals surface area contributed by atoms with Gasteiger partial charge in [-0.1, -0.05) is 25.1 Å². The maximum atomic E-state index is 12.7. The number of nitrogens with zero attached hydrogens (tertiary/aromatic N) is 3. The highest BCUT2D eigenvalue weighted by atomic mass is 16.6. The summed E-state index contributed by atoms with van der Waals surface area (Å²) in [5.74, 6) is 0.812. The molecule has 2 aliphatic rings. The van der Waals surface area contributed by atoms with Gasteiger partial charge in [0.25, 0.3) is 0 Å². The Labute approximate surface area is 183 Å². The van der Waals surface area contributed by atoms with Crippen LogP contribution in [0.15, 0.2) is 42.6 Å². The number of hydrogen-bond donors (Lipinski definition) is 0. The number of carbonyl (C=O) groups is 1. The van der Waals surface area contributed by atoms with Crippen LogP contribution in [-0.2, 0) is 9.47 Å². The number of morpholine rings is 1. The zero-order chi connectivity index (χ0) is 21.6. The number of aromatic nitrogens is 1. The normalized spacial score (nSPS) is 20.5. The molecule has 1 atom stereocenters. The number of amides is 1. The molecule has 0 saturated carbocycles. The molecular formula is C24H31N3O4. The van der Waals surface area contributed by atoms with Gasteiger partial charge < -0.3 is 24.0 Å². The summed E-state index contributed by atoms with van der Waals surface area (Å²) in [7, 11) is 1.66. The lowest BCUT2D eigenvalue weighted by Gasteiger charge is -2.35. The van der Waals surface area contributed by atoms with E-state index in [4.69, 9.17) is 14.2 Å². The summed E-state index contributed by atoms with van der Waals surface area (Å²) < 4.78 is 17.0. The number of pyridine rings is 1. The van der Waals surface area contributed by atoms with Crippen molar-refractivity contribution in [1.82, 2.24) is 14.8 Å². The fraction of sp³-hybridized carbons (Fsp3) is 0.500. The average Bonchev–Trinajstić information content (AvgIpc) is 2.84. The van der Waals surface area contributed by atoms with Crippen molar-refractivity contribution < 1.29 is 19.0 Å². The molecule has 4 rings (SSSR count). The largest absolute Gasteiger partial charge is 0.497 e. The van der Waals surface area contributed by atoms with Crippen LogP contribution >= 0.6 is 0 Å². The molecule has 1 aromatic carbocycles. The average molecular weight is 426 g/mol. The minimum Gasteiger partial charge on any atom is -0.497 e. The molecule has 7 heteroatoms. The summed E-state index contributed by atoms with van der Waals surface area (Å²) in [5, 5.41) is 0. The maximum absolute atomic E-state index is 12.7. The van der Waals surface area contributed by atoms with Crippen LogP contribution in [-0.4, -0.2) is 73.4 Å². The van der Waals surface area contributed by atoms with Gasteiger partial charge in [-0.3, -0.25) is 4.98 Å². The lowest BCUT2D eigenvalue weighted by molar-refractivity contribution is -0.0410. The van der Waals surface area contributed by atoms with E-state index in [1.165, 1.54) is 0 Å². The van der Waals surface area contributed by atoms with E-state index in [1.807, 2.05) is 42.6 Å². The van der Waals surface area contributed by atoms with Crippen LogP contribution in [0.1, 0.15) is 31.6 Å². The standard InChI is InChI=1S/C24H31N3O4/c1-3-26-11-9-20(10-12-26)31-24(28)27-13-14-30-23(17-27)22-8-7-19(16-25-22)18-5-4-6-21(15-18)29-2/h4-8,15-16,20,23H,3,9-14,17H2,1-2H3. The molecule has 1 aromatic heterocycles. The fourth-order valence-corrected chi connectivity index (χ4v) is 4.12. The molecular weight excluding hydrogens is 394 g/mol. The van der Waals surface area contributed by atoms with Crippen molar-refractivity contribution in [3.63, 3.8) is 0 Å². The van der Waals surface area contributed by atoms with Crippen molar-refractivity contribution in [1.29, 1.82) is 0 Å². The molecule has 166 valence electrons. The molecule has 31 heavy (non-hydrogen) atoms. The third kappa shape index (κ3) is 5.35. The highest BCUT2D eigenvalue weighted by molar-refractivity contribution is 5.68. The van der Waals surface area contributed by atoms with Gasteiger partial charge in [0, 0.05) is 31.4 Å². The number of hydrogen-bond acceptors (Lipinski definition) is 6. The molecule has 0 spiro atoms. The minimum absolute atomic E-state index is 0.0110. The van der Waals surface area contributed by atoms with Crippen LogP contribution in [0.4, 0.5) is 4.79 Å². The quantitative estimate of drug-likeness (QED) is 0.727. The number of piperidine rings is 1. The summed E-state index contributed by atoms with van der Waals surface area (Å²) in [6.07, 6.45) is 3.17. The topological polar surface area (TPSA) is 64.1 Å². The van der Waals surface area contributed by atoms with Gasteiger partial charge in [0.2, 0.25) is 0 Å². The lowest BCUT2D eigenvalue weighted by atomic mass is 10.1. The third-order valence-electron chi connectivity index (χ3n) is 6.09. The molecule has 1 unspecified atom stereocenters. The van der Waals surface area contributed by atoms with Crippen LogP contribution in [0.3, 0.4) is 0 Å². The Morgan fingerprint density at radius 2 is 2.00 bits per heavy atom. The van der Waals surface area contributed by atoms with Gasteiger partial charge >= 0.3 is 6.09 Å². The predicted molar refractivity (Wildman–Crippen MR) is 118 cm³/mol. The van der Waals surface area contributed by atoms with Gasteiger partial charge in [-0.05, 0) is 43.1 Å². The van der Waals surface area contributed by atoms with Crippen LogP contribution in [0, 0.1) is 0 Å². The molecule has 2 aliphatic heterocycles. The van der Waals surface area contributed by atoms with Gasteiger partial charge in [-0.25, -0.2) is 4.79 Å². The monoisotopic (exact) mass is 425 g/mol. The summed E-state index contributed by atoms with van der Waals surface area (Å²) in [6, 6.07) is 11.9. The van der Waals surface area contributed by atoms with E-state index < -0.39 is 0 Å². The first-order valence-electron chi connectivity index (χ1n) is 11.1. The number of likely N-dealkylation sites (tertiary alicyclic amines) is 1. The van der Waals surface area contributed by atoms with Crippen molar-refractivity contribution >= 4 is 6.09 Å². The Morgan fingerprint density at radius 1 is 1.16 bits per heavy atom. The maximum Gasteiger partial charge on any atom is 0.410 e. The van der Waals surface area contributed by atoms with E-state index in [-0.39, 0.29) is 18.3 Å². The van der Waals surface area contributed by atoms with E-state index in [0.29, 0.717) is 19.7 Å². The van der Waals surface area contributed by atoms with E-state index in [9.17, 15) is 4.79 Å². The van der Waals surface area contributed by atoms with E-state index >= 15 is 0 Å². The Balaban J connectivity index is 1.35. The van der Waals surface area contributed by atoms with Gasteiger partial charge in [-0.15, -0.1) is 0 Å². The van der Waals surface area contributed by atoms with Gasteiger partial charge in [-0.2, -0.15) is 0 Å². The number of benzene rings is 1. The second-order valence-electron chi connectivity index (χ2n) is 8.03. The Bertz CT molecular complexity index is 865. The minimum atomic E-state index is -0.248. The Kier molecular flexibility index (Phi) is 7.04. The number of ether oxygens (including phenoxy) is 3. The van der Waals surface area contributed by atoms with Gasteiger partial charge in [0.15, 0.2) is 0 Å². The number of rotatable bonds is 5. The number of carbonyl (C=O) groups excluding carboxylic acids is 1. The molecule has 2 saturated heterocycles. The smallest absolute Gasteiger partial charge is 0.410 e. The third-order valence-corrected chi connectivity index (χ3v) is 6.09. The Morgan fingerprint density at radius 3 is 2.71 bits per heavy atom. The molecule has 0 radical (unpaired) electrons. The first kappa shape index (κ1) is 21.6. The molecule has 2 fully saturated rings. The highest BCUT2D eigenvalue weighted by Gasteiger charge is 2.29. The second kappa shape index (κ2) is 10.1. The molecule has 0 N–H and O–H groups in total. The highest BCUT2D eigenvalue weighted by Crippen LogP contribution is 2.26. The van der Waals surface area contributed by atoms with Crippen molar-refractivity contribution in [2.75, 3.05) is 46.4 Å². The fourth-order valence-electron chi connectivity index (χ4n) is 4.12. The van der Waals surface area contributed by atoms with E-state index in [1.54, 1.807) is 12.0 Å². The van der Waals surface area contributed by atoms with Crippen molar-refractivity contribution in [2.24, 2.45) is 0 Å². The van der Waals surface area contributed by atoms with Crippen LogP contribution in [0.25, 0.3) is 11.1 Å². The SMILES string of the molecule is CCN1CCC(OC(=O)N2CCOC(c3ccc(-c4cccc(OC)c4)cn3)C2)CC1. The molecule has 7 nitrogen and oxygen atoms in total. The summed E-state index contributed by atoms with van der Waals surface area (Å²) in [5.41, 5.74) is 2.87. The van der Waals surface area contributed by atoms with Crippen molar-refractivity contribution in [3.8, 4) is 16.9 Å². The molecule has 2 aromatic rings. The van der Waals surface area contributed by atoms with Gasteiger partial charge in [0.05, 0.1) is 26.0 Å². The van der Waals surface area contributed by atoms with Crippen LogP contribution in [0.5, 0.6) is 5.75 Å². The zero-order valence-corrected chi connectivity index (χ0v) is 18.3. The lowest BCUT2D eigenvalue weighted by Crippen LogP contribution is -2.45.